The number of nitrogens with zero attached hydrogens (tertiary/aromatic N) is 2. The van der Waals surface area contributed by atoms with Crippen LogP contribution in [0.4, 0.5) is 13.2 Å². The Morgan fingerprint density at radius 1 is 1.31 bits per heavy atom. The van der Waals surface area contributed by atoms with E-state index in [0.29, 0.717) is 12.2 Å². The second kappa shape index (κ2) is 5.64. The summed E-state index contributed by atoms with van der Waals surface area (Å²) in [5.41, 5.74) is 0.700. The molecule has 0 atom stereocenters. The van der Waals surface area contributed by atoms with Gasteiger partial charge in [-0.3, -0.25) is 0 Å². The summed E-state index contributed by atoms with van der Waals surface area (Å²) in [6.07, 6.45) is -5.20. The smallest absolute Gasteiger partial charge is 0.392 e. The molecule has 0 aliphatic heterocycles. The Bertz CT molecular complexity index is 313. The van der Waals surface area contributed by atoms with Crippen molar-refractivity contribution in [2.24, 2.45) is 0 Å². The fraction of sp³-hybridized carbons (Fsp3) is 0.556. The lowest BCUT2D eigenvalue weighted by atomic mass is 10.4. The van der Waals surface area contributed by atoms with Crippen molar-refractivity contribution < 1.29 is 17.9 Å². The Labute approximate surface area is 90.8 Å². The van der Waals surface area contributed by atoms with E-state index in [1.807, 2.05) is 0 Å². The molecule has 0 spiro atoms. The Balaban J connectivity index is 2.37. The molecule has 1 aromatic heterocycles. The summed E-state index contributed by atoms with van der Waals surface area (Å²) in [6.45, 7) is 0.111. The van der Waals surface area contributed by atoms with Gasteiger partial charge in [0.1, 0.15) is 0 Å². The van der Waals surface area contributed by atoms with Crippen molar-refractivity contribution in [3.05, 3.63) is 17.8 Å². The molecule has 0 radical (unpaired) electrons. The topological polar surface area (TPSA) is 47.0 Å². The van der Waals surface area contributed by atoms with E-state index in [2.05, 4.69) is 15.5 Å². The molecule has 7 heteroatoms. The predicted octanol–water partition coefficient (Wildman–Crippen LogP) is 1.53. The van der Waals surface area contributed by atoms with Crippen LogP contribution in [0.1, 0.15) is 12.1 Å². The van der Waals surface area contributed by atoms with Crippen LogP contribution in [0.2, 0.25) is 0 Å². The van der Waals surface area contributed by atoms with Crippen molar-refractivity contribution in [2.75, 3.05) is 13.7 Å². The molecule has 0 bridgehead atoms. The predicted molar refractivity (Wildman–Crippen MR) is 51.0 cm³/mol. The first-order valence-corrected chi connectivity index (χ1v) is 4.68. The minimum absolute atomic E-state index is 0.101. The number of nitrogens with one attached hydrogen (secondary N) is 1. The lowest BCUT2D eigenvalue weighted by Gasteiger charge is -2.07. The fourth-order valence-corrected chi connectivity index (χ4v) is 0.971. The number of hydrogen-bond donors (Lipinski definition) is 1. The Hall–Kier alpha value is -1.37. The van der Waals surface area contributed by atoms with Gasteiger partial charge in [0.15, 0.2) is 0 Å². The number of halogens is 3. The highest BCUT2D eigenvalue weighted by Gasteiger charge is 2.26. The largest absolute Gasteiger partial charge is 0.476 e. The van der Waals surface area contributed by atoms with Gasteiger partial charge in [-0.15, -0.1) is 5.10 Å². The number of aromatic nitrogens is 2. The zero-order valence-electron chi connectivity index (χ0n) is 8.71. The minimum atomic E-state index is -4.21. The van der Waals surface area contributed by atoms with E-state index >= 15 is 0 Å². The molecule has 0 fully saturated rings. The van der Waals surface area contributed by atoms with Crippen LogP contribution in [0.25, 0.3) is 0 Å². The van der Waals surface area contributed by atoms with E-state index in [9.17, 15) is 13.2 Å². The van der Waals surface area contributed by atoms with Gasteiger partial charge < -0.3 is 10.1 Å². The Morgan fingerprint density at radius 2 is 2.06 bits per heavy atom. The Kier molecular flexibility index (Phi) is 4.48. The fourth-order valence-electron chi connectivity index (χ4n) is 0.971. The zero-order chi connectivity index (χ0) is 12.0. The molecule has 0 unspecified atom stereocenters. The molecule has 0 saturated carbocycles. The van der Waals surface area contributed by atoms with Crippen LogP contribution in [0, 0.1) is 0 Å². The lowest BCUT2D eigenvalue weighted by Crippen LogP contribution is -2.14. The molecular weight excluding hydrogens is 223 g/mol. The van der Waals surface area contributed by atoms with Crippen molar-refractivity contribution in [3.63, 3.8) is 0 Å². The molecule has 1 rings (SSSR count). The molecule has 1 aromatic rings. The van der Waals surface area contributed by atoms with E-state index in [1.165, 1.54) is 6.07 Å². The molecule has 4 nitrogen and oxygen atoms in total. The first kappa shape index (κ1) is 12.7. The summed E-state index contributed by atoms with van der Waals surface area (Å²) >= 11 is 0. The number of alkyl halides is 3. The average molecular weight is 235 g/mol. The summed E-state index contributed by atoms with van der Waals surface area (Å²) in [6, 6.07) is 3.14. The molecule has 1 N–H and O–H groups in total. The molecule has 0 aromatic carbocycles. The van der Waals surface area contributed by atoms with Gasteiger partial charge >= 0.3 is 6.18 Å². The standard InChI is InChI=1S/C9H12F3N3O/c1-13-6-7-2-3-8(15-14-7)16-5-4-9(10,11)12/h2-3,13H,4-6H2,1H3. The minimum Gasteiger partial charge on any atom is -0.476 e. The number of ether oxygens (including phenoxy) is 1. The third-order valence-electron chi connectivity index (χ3n) is 1.69. The van der Waals surface area contributed by atoms with E-state index < -0.39 is 19.2 Å². The van der Waals surface area contributed by atoms with Gasteiger partial charge in [0, 0.05) is 12.6 Å². The first-order valence-electron chi connectivity index (χ1n) is 4.68. The van der Waals surface area contributed by atoms with E-state index in [1.54, 1.807) is 13.1 Å². The van der Waals surface area contributed by atoms with Crippen LogP contribution in [0.3, 0.4) is 0 Å². The van der Waals surface area contributed by atoms with E-state index in [-0.39, 0.29) is 5.88 Å². The summed E-state index contributed by atoms with van der Waals surface area (Å²) in [7, 11) is 1.76. The SMILES string of the molecule is CNCc1ccc(OCCC(F)(F)F)nn1. The molecule has 0 amide bonds. The maximum absolute atomic E-state index is 11.8. The van der Waals surface area contributed by atoms with Crippen LogP contribution < -0.4 is 10.1 Å². The zero-order valence-corrected chi connectivity index (χ0v) is 8.71. The van der Waals surface area contributed by atoms with Gasteiger partial charge in [0.25, 0.3) is 0 Å². The van der Waals surface area contributed by atoms with Crippen molar-refractivity contribution in [1.82, 2.24) is 15.5 Å². The van der Waals surface area contributed by atoms with Crippen LogP contribution in [0.5, 0.6) is 5.88 Å². The molecule has 1 heterocycles. The van der Waals surface area contributed by atoms with Crippen LogP contribution >= 0.6 is 0 Å². The monoisotopic (exact) mass is 235 g/mol. The quantitative estimate of drug-likeness (QED) is 0.840. The highest BCUT2D eigenvalue weighted by atomic mass is 19.4. The molecule has 0 aliphatic rings. The highest BCUT2D eigenvalue weighted by Crippen LogP contribution is 2.19. The summed E-state index contributed by atoms with van der Waals surface area (Å²) in [4.78, 5) is 0. The normalized spacial score (nSPS) is 11.5. The van der Waals surface area contributed by atoms with Gasteiger partial charge in [0.05, 0.1) is 18.7 Å². The van der Waals surface area contributed by atoms with Gasteiger partial charge in [-0.25, -0.2) is 0 Å². The number of hydrogen-bond acceptors (Lipinski definition) is 4. The third-order valence-corrected chi connectivity index (χ3v) is 1.69. The Morgan fingerprint density at radius 3 is 2.56 bits per heavy atom. The third kappa shape index (κ3) is 4.92. The van der Waals surface area contributed by atoms with Crippen molar-refractivity contribution in [1.29, 1.82) is 0 Å². The maximum atomic E-state index is 11.8. The van der Waals surface area contributed by atoms with Crippen LogP contribution in [0.15, 0.2) is 12.1 Å². The average Bonchev–Trinajstić information content (AvgIpc) is 2.19. The molecular formula is C9H12F3N3O. The molecule has 16 heavy (non-hydrogen) atoms. The van der Waals surface area contributed by atoms with Gasteiger partial charge in [0.2, 0.25) is 5.88 Å². The molecule has 0 aliphatic carbocycles. The van der Waals surface area contributed by atoms with Gasteiger partial charge in [-0.2, -0.15) is 18.3 Å². The van der Waals surface area contributed by atoms with Crippen LogP contribution in [-0.2, 0) is 6.54 Å². The first-order chi connectivity index (χ1) is 7.51. The maximum Gasteiger partial charge on any atom is 0.392 e. The van der Waals surface area contributed by atoms with Crippen molar-refractivity contribution >= 4 is 0 Å². The second-order valence-electron chi connectivity index (χ2n) is 3.11. The summed E-state index contributed by atoms with van der Waals surface area (Å²) in [5, 5.41) is 10.3. The van der Waals surface area contributed by atoms with Crippen molar-refractivity contribution in [3.8, 4) is 5.88 Å². The molecule has 0 saturated heterocycles. The van der Waals surface area contributed by atoms with E-state index in [4.69, 9.17) is 4.74 Å². The summed E-state index contributed by atoms with van der Waals surface area (Å²) in [5.74, 6) is 0.101. The molecule has 90 valence electrons. The van der Waals surface area contributed by atoms with E-state index in [0.717, 1.165) is 0 Å². The second-order valence-corrected chi connectivity index (χ2v) is 3.11. The van der Waals surface area contributed by atoms with Gasteiger partial charge in [-0.05, 0) is 13.1 Å². The van der Waals surface area contributed by atoms with Crippen LogP contribution in [-0.4, -0.2) is 30.0 Å². The number of rotatable bonds is 5. The lowest BCUT2D eigenvalue weighted by molar-refractivity contribution is -0.139. The highest BCUT2D eigenvalue weighted by molar-refractivity contribution is 5.11. The van der Waals surface area contributed by atoms with Crippen molar-refractivity contribution in [2.45, 2.75) is 19.1 Å². The van der Waals surface area contributed by atoms with Gasteiger partial charge in [-0.1, -0.05) is 0 Å². The summed E-state index contributed by atoms with van der Waals surface area (Å²) < 4.78 is 40.2.